The van der Waals surface area contributed by atoms with Crippen molar-refractivity contribution in [3.63, 3.8) is 0 Å². The van der Waals surface area contributed by atoms with Crippen LogP contribution in [0.3, 0.4) is 0 Å². The van der Waals surface area contributed by atoms with Crippen LogP contribution in [0.4, 0.5) is 11.4 Å². The van der Waals surface area contributed by atoms with Crippen molar-refractivity contribution in [2.24, 2.45) is 9.98 Å². The van der Waals surface area contributed by atoms with Crippen LogP contribution in [0.2, 0.25) is 0 Å². The molecule has 0 saturated carbocycles. The van der Waals surface area contributed by atoms with Gasteiger partial charge in [-0.05, 0) is 92.3 Å². The Bertz CT molecular complexity index is 990. The fraction of sp³-hybridized carbons (Fsp3) is 0.659. The lowest BCUT2D eigenvalue weighted by molar-refractivity contribution is 0.549. The molecule has 0 N–H and O–H groups in total. The summed E-state index contributed by atoms with van der Waals surface area (Å²) in [5.74, 6) is 0. The van der Waals surface area contributed by atoms with Gasteiger partial charge in [-0.3, -0.25) is 9.98 Å². The molecule has 2 nitrogen and oxygen atoms in total. The molecule has 2 heteroatoms. The van der Waals surface area contributed by atoms with E-state index in [0.29, 0.717) is 0 Å². The van der Waals surface area contributed by atoms with E-state index >= 15 is 0 Å². The molecule has 0 amide bonds. The van der Waals surface area contributed by atoms with E-state index in [1.54, 1.807) is 0 Å². The van der Waals surface area contributed by atoms with Gasteiger partial charge in [-0.1, -0.05) is 142 Å². The highest BCUT2D eigenvalue weighted by atomic mass is 14.8. The predicted octanol–water partition coefficient (Wildman–Crippen LogP) is 13.7. The van der Waals surface area contributed by atoms with Crippen LogP contribution in [0.1, 0.15) is 173 Å². The molecule has 0 aliphatic rings. The van der Waals surface area contributed by atoms with Gasteiger partial charge in [-0.15, -0.1) is 0 Å². The Morgan fingerprint density at radius 2 is 0.953 bits per heavy atom. The number of nitrogens with zero attached hydrogens (tertiary/aromatic N) is 2. The van der Waals surface area contributed by atoms with E-state index in [9.17, 15) is 0 Å². The van der Waals surface area contributed by atoms with Crippen LogP contribution in [-0.4, -0.2) is 11.9 Å². The van der Waals surface area contributed by atoms with Crippen molar-refractivity contribution in [1.29, 1.82) is 0 Å². The first kappa shape index (κ1) is 37.0. The van der Waals surface area contributed by atoms with E-state index in [4.69, 9.17) is 9.98 Å². The van der Waals surface area contributed by atoms with Crippen LogP contribution >= 0.6 is 0 Å². The third-order valence-electron chi connectivity index (χ3n) is 8.58. The summed E-state index contributed by atoms with van der Waals surface area (Å²) in [7, 11) is 0. The van der Waals surface area contributed by atoms with Gasteiger partial charge in [0.15, 0.2) is 0 Å². The molecule has 0 unspecified atom stereocenters. The number of rotatable bonds is 26. The molecule has 0 atom stereocenters. The summed E-state index contributed by atoms with van der Waals surface area (Å²) < 4.78 is 0. The maximum absolute atomic E-state index is 5.11. The first-order valence-electron chi connectivity index (χ1n) is 18.5. The Kier molecular flexibility index (Phi) is 21.6. The van der Waals surface area contributed by atoms with Crippen molar-refractivity contribution in [1.82, 2.24) is 0 Å². The first-order valence-corrected chi connectivity index (χ1v) is 18.5. The minimum absolute atomic E-state index is 0.975. The molecule has 0 aromatic heterocycles. The average Bonchev–Trinajstić information content (AvgIpc) is 3.01. The van der Waals surface area contributed by atoms with Crippen LogP contribution < -0.4 is 0 Å². The summed E-state index contributed by atoms with van der Waals surface area (Å²) in [6, 6.07) is 16.0. The summed E-state index contributed by atoms with van der Waals surface area (Å²) >= 11 is 0. The molecular formula is C41H66N2. The maximum Gasteiger partial charge on any atom is 0.0636 e. The molecule has 0 spiro atoms. The van der Waals surface area contributed by atoms with E-state index in [0.717, 1.165) is 49.2 Å². The van der Waals surface area contributed by atoms with Gasteiger partial charge in [-0.25, -0.2) is 0 Å². The summed E-state index contributed by atoms with van der Waals surface area (Å²) in [6.45, 7) is 9.11. The van der Waals surface area contributed by atoms with Gasteiger partial charge in [0.2, 0.25) is 0 Å². The molecule has 2 rings (SSSR count). The highest BCUT2D eigenvalue weighted by Gasteiger charge is 2.04. The second-order valence-corrected chi connectivity index (χ2v) is 12.8. The van der Waals surface area contributed by atoms with Crippen molar-refractivity contribution in [2.45, 2.75) is 175 Å². The van der Waals surface area contributed by atoms with E-state index in [2.05, 4.69) is 70.2 Å². The lowest BCUT2D eigenvalue weighted by Crippen LogP contribution is -2.00. The molecule has 0 fully saturated rings. The van der Waals surface area contributed by atoms with Crippen LogP contribution in [0.15, 0.2) is 52.4 Å². The zero-order valence-corrected chi connectivity index (χ0v) is 28.8. The normalized spacial score (nSPS) is 12.0. The van der Waals surface area contributed by atoms with Crippen LogP contribution in [0.25, 0.3) is 0 Å². The van der Waals surface area contributed by atoms with Crippen molar-refractivity contribution < 1.29 is 0 Å². The molecule has 0 aliphatic heterocycles. The van der Waals surface area contributed by atoms with E-state index < -0.39 is 0 Å². The number of unbranched alkanes of at least 4 members (excludes halogenated alkanes) is 15. The van der Waals surface area contributed by atoms with Gasteiger partial charge in [0.1, 0.15) is 0 Å². The molecule has 2 aromatic rings. The lowest BCUT2D eigenvalue weighted by Gasteiger charge is -2.08. The third kappa shape index (κ3) is 18.2. The van der Waals surface area contributed by atoms with Crippen molar-refractivity contribution in [2.75, 3.05) is 0 Å². The zero-order chi connectivity index (χ0) is 30.8. The second-order valence-electron chi connectivity index (χ2n) is 12.8. The molecule has 240 valence electrons. The van der Waals surface area contributed by atoms with Crippen LogP contribution in [0, 0.1) is 0 Å². The number of hydrogen-bond donors (Lipinski definition) is 0. The molecular weight excluding hydrogens is 520 g/mol. The van der Waals surface area contributed by atoms with Crippen LogP contribution in [0.5, 0.6) is 0 Å². The van der Waals surface area contributed by atoms with Crippen LogP contribution in [-0.2, 0) is 19.3 Å². The Morgan fingerprint density at radius 1 is 0.488 bits per heavy atom. The predicted molar refractivity (Wildman–Crippen MR) is 194 cm³/mol. The molecule has 0 saturated heterocycles. The van der Waals surface area contributed by atoms with Crippen molar-refractivity contribution in [3.05, 3.63) is 59.2 Å². The molecule has 43 heavy (non-hydrogen) atoms. The largest absolute Gasteiger partial charge is 0.255 e. The Balaban J connectivity index is 1.97. The zero-order valence-electron chi connectivity index (χ0n) is 28.8. The summed E-state index contributed by atoms with van der Waals surface area (Å²) in [5, 5.41) is 0. The summed E-state index contributed by atoms with van der Waals surface area (Å²) in [6.07, 6.45) is 31.7. The van der Waals surface area contributed by atoms with Gasteiger partial charge in [-0.2, -0.15) is 0 Å². The summed E-state index contributed by atoms with van der Waals surface area (Å²) in [5.41, 5.74) is 7.56. The van der Waals surface area contributed by atoms with Gasteiger partial charge < -0.3 is 0 Å². The molecule has 2 aromatic carbocycles. The number of aryl methyl sites for hydroxylation is 3. The van der Waals surface area contributed by atoms with E-state index in [-0.39, 0.29) is 0 Å². The lowest BCUT2D eigenvalue weighted by atomic mass is 10.00. The third-order valence-corrected chi connectivity index (χ3v) is 8.58. The molecule has 0 heterocycles. The fourth-order valence-electron chi connectivity index (χ4n) is 5.86. The Morgan fingerprint density at radius 3 is 1.53 bits per heavy atom. The highest BCUT2D eigenvalue weighted by molar-refractivity contribution is 6.31. The SMILES string of the molecule is CCCCCCCCCCCCCc1cccc(N=C(C=Nc2cc(CCCCC)cc(CCCCC)c2)CCCC)c1. The van der Waals surface area contributed by atoms with Gasteiger partial charge in [0.05, 0.1) is 17.1 Å². The van der Waals surface area contributed by atoms with Crippen molar-refractivity contribution >= 4 is 23.3 Å². The minimum atomic E-state index is 0.975. The van der Waals surface area contributed by atoms with Crippen molar-refractivity contribution in [3.8, 4) is 0 Å². The van der Waals surface area contributed by atoms with E-state index in [1.165, 1.54) is 132 Å². The van der Waals surface area contributed by atoms with Gasteiger partial charge in [0, 0.05) is 6.21 Å². The maximum atomic E-state index is 5.11. The Hall–Kier alpha value is -2.22. The van der Waals surface area contributed by atoms with E-state index in [1.807, 2.05) is 6.21 Å². The fourth-order valence-corrected chi connectivity index (χ4v) is 5.86. The average molecular weight is 587 g/mol. The highest BCUT2D eigenvalue weighted by Crippen LogP contribution is 2.23. The number of benzene rings is 2. The molecule has 0 bridgehead atoms. The standard InChI is InChI=1S/C41H66N2/c1-5-9-13-14-15-16-17-18-19-20-23-25-36-28-24-30-39(32-36)43-40(29-12-8-4)35-42-41-33-37(26-21-10-6-2)31-38(34-41)27-22-11-7-3/h24,28,30-35H,5-23,25-27,29H2,1-4H3. The van der Waals surface area contributed by atoms with Gasteiger partial charge in [0.25, 0.3) is 0 Å². The molecule has 0 radical (unpaired) electrons. The number of hydrogen-bond acceptors (Lipinski definition) is 2. The monoisotopic (exact) mass is 587 g/mol. The Labute approximate surface area is 267 Å². The molecule has 0 aliphatic carbocycles. The minimum Gasteiger partial charge on any atom is -0.255 e. The smallest absolute Gasteiger partial charge is 0.0636 e. The quantitative estimate of drug-likeness (QED) is 0.0773. The topological polar surface area (TPSA) is 24.7 Å². The summed E-state index contributed by atoms with van der Waals surface area (Å²) in [4.78, 5) is 10.1. The number of aliphatic imine (C=N–C) groups is 2. The second kappa shape index (κ2) is 25.1. The van der Waals surface area contributed by atoms with Gasteiger partial charge >= 0.3 is 0 Å². The first-order chi connectivity index (χ1) is 21.2.